The van der Waals surface area contributed by atoms with Gasteiger partial charge in [0, 0.05) is 7.05 Å². The summed E-state index contributed by atoms with van der Waals surface area (Å²) in [6.07, 6.45) is -0.937. The van der Waals surface area contributed by atoms with Gasteiger partial charge in [0.15, 0.2) is 0 Å². The van der Waals surface area contributed by atoms with Gasteiger partial charge in [-0.1, -0.05) is 11.3 Å². The molecule has 0 N–H and O–H groups in total. The molecule has 0 bridgehead atoms. The molecule has 0 fully saturated rings. The highest BCUT2D eigenvalue weighted by Gasteiger charge is 2.29. The van der Waals surface area contributed by atoms with E-state index in [0.717, 1.165) is 18.4 Å². The number of sulfonamides is 1. The van der Waals surface area contributed by atoms with Gasteiger partial charge in [0.05, 0.1) is 6.61 Å². The second-order valence-corrected chi connectivity index (χ2v) is 5.35. The molecule has 0 spiro atoms. The molecule has 0 saturated heterocycles. The van der Waals surface area contributed by atoms with Gasteiger partial charge in [-0.15, -0.1) is 10.2 Å². The van der Waals surface area contributed by atoms with Crippen molar-refractivity contribution in [3.63, 3.8) is 0 Å². The lowest BCUT2D eigenvalue weighted by Gasteiger charge is -2.14. The maximum absolute atomic E-state index is 11.6. The Labute approximate surface area is 90.7 Å². The van der Waals surface area contributed by atoms with Crippen LogP contribution >= 0.6 is 11.3 Å². The third kappa shape index (κ3) is 2.42. The van der Waals surface area contributed by atoms with Crippen LogP contribution in [0.2, 0.25) is 0 Å². The van der Waals surface area contributed by atoms with Crippen LogP contribution in [0.15, 0.2) is 9.85 Å². The summed E-state index contributed by atoms with van der Waals surface area (Å²) in [5.74, 6) is 0. The standard InChI is InChI=1S/C6H9N3O4S2/c1-3-13-6(10)9(2)15(11,12)5-8-7-4-14-5/h4H,3H2,1-2H3. The Morgan fingerprint density at radius 1 is 1.67 bits per heavy atom. The second-order valence-electron chi connectivity index (χ2n) is 2.38. The number of aromatic nitrogens is 2. The average Bonchev–Trinajstić information content (AvgIpc) is 2.70. The van der Waals surface area contributed by atoms with Crippen molar-refractivity contribution < 1.29 is 17.9 Å². The molecule has 0 aliphatic carbocycles. The number of nitrogens with zero attached hydrogens (tertiary/aromatic N) is 3. The number of hydrogen-bond acceptors (Lipinski definition) is 7. The number of carbonyl (C=O) groups is 1. The number of amides is 1. The van der Waals surface area contributed by atoms with Crippen molar-refractivity contribution in [1.29, 1.82) is 0 Å². The molecule has 1 heterocycles. The summed E-state index contributed by atoms with van der Waals surface area (Å²) in [5, 5.41) is 6.77. The predicted molar refractivity (Wildman–Crippen MR) is 51.9 cm³/mol. The van der Waals surface area contributed by atoms with Crippen molar-refractivity contribution in [1.82, 2.24) is 14.5 Å². The number of ether oxygens (including phenoxy) is 1. The first-order valence-corrected chi connectivity index (χ1v) is 6.24. The van der Waals surface area contributed by atoms with Gasteiger partial charge >= 0.3 is 6.09 Å². The van der Waals surface area contributed by atoms with Gasteiger partial charge in [0.1, 0.15) is 5.51 Å². The highest BCUT2D eigenvalue weighted by atomic mass is 32.2. The first-order valence-electron chi connectivity index (χ1n) is 3.92. The number of hydrogen-bond donors (Lipinski definition) is 0. The number of rotatable bonds is 3. The van der Waals surface area contributed by atoms with E-state index in [-0.39, 0.29) is 10.9 Å². The van der Waals surface area contributed by atoms with Crippen LogP contribution in [0.4, 0.5) is 4.79 Å². The van der Waals surface area contributed by atoms with Gasteiger partial charge in [0.25, 0.3) is 14.4 Å². The van der Waals surface area contributed by atoms with Crippen LogP contribution in [-0.2, 0) is 14.8 Å². The molecule has 84 valence electrons. The van der Waals surface area contributed by atoms with Crippen LogP contribution in [0.3, 0.4) is 0 Å². The third-order valence-electron chi connectivity index (χ3n) is 1.45. The van der Waals surface area contributed by atoms with Crippen molar-refractivity contribution in [2.24, 2.45) is 0 Å². The van der Waals surface area contributed by atoms with E-state index >= 15 is 0 Å². The van der Waals surface area contributed by atoms with Crippen molar-refractivity contribution in [2.75, 3.05) is 13.7 Å². The minimum absolute atomic E-state index is 0.106. The van der Waals surface area contributed by atoms with Crippen molar-refractivity contribution >= 4 is 27.5 Å². The summed E-state index contributed by atoms with van der Waals surface area (Å²) in [6, 6.07) is 0. The van der Waals surface area contributed by atoms with E-state index in [0.29, 0.717) is 4.31 Å². The molecule has 9 heteroatoms. The first kappa shape index (κ1) is 11.9. The first-order chi connectivity index (χ1) is 7.00. The maximum Gasteiger partial charge on any atom is 0.423 e. The predicted octanol–water partition coefficient (Wildman–Crippen LogP) is 0.315. The number of carbonyl (C=O) groups excluding carboxylic acids is 1. The molecule has 1 rings (SSSR count). The molecular weight excluding hydrogens is 242 g/mol. The van der Waals surface area contributed by atoms with Crippen molar-refractivity contribution in [3.8, 4) is 0 Å². The summed E-state index contributed by atoms with van der Waals surface area (Å²) < 4.78 is 28.1. The molecule has 0 aromatic carbocycles. The van der Waals surface area contributed by atoms with Gasteiger partial charge in [-0.05, 0) is 6.92 Å². The van der Waals surface area contributed by atoms with Crippen LogP contribution in [0.25, 0.3) is 0 Å². The van der Waals surface area contributed by atoms with E-state index in [1.165, 1.54) is 5.51 Å². The molecular formula is C6H9N3O4S2. The van der Waals surface area contributed by atoms with E-state index in [1.807, 2.05) is 0 Å². The largest absolute Gasteiger partial charge is 0.449 e. The van der Waals surface area contributed by atoms with Crippen LogP contribution in [0, 0.1) is 0 Å². The molecule has 0 saturated carbocycles. The second kappa shape index (κ2) is 4.53. The summed E-state index contributed by atoms with van der Waals surface area (Å²) in [7, 11) is -2.81. The van der Waals surface area contributed by atoms with Crippen LogP contribution in [-0.4, -0.2) is 42.7 Å². The lowest BCUT2D eigenvalue weighted by atomic mass is 10.9. The van der Waals surface area contributed by atoms with E-state index in [2.05, 4.69) is 14.9 Å². The Morgan fingerprint density at radius 3 is 2.80 bits per heavy atom. The molecule has 0 unspecified atom stereocenters. The fourth-order valence-corrected chi connectivity index (χ4v) is 2.57. The minimum atomic E-state index is -3.91. The Morgan fingerprint density at radius 2 is 2.33 bits per heavy atom. The molecule has 1 aromatic heterocycles. The van der Waals surface area contributed by atoms with E-state index in [1.54, 1.807) is 6.92 Å². The van der Waals surface area contributed by atoms with Gasteiger partial charge in [-0.2, -0.15) is 8.42 Å². The fourth-order valence-electron chi connectivity index (χ4n) is 0.705. The highest BCUT2D eigenvalue weighted by molar-refractivity contribution is 7.91. The quantitative estimate of drug-likeness (QED) is 0.768. The molecule has 0 radical (unpaired) electrons. The zero-order valence-corrected chi connectivity index (χ0v) is 9.71. The highest BCUT2D eigenvalue weighted by Crippen LogP contribution is 2.15. The smallest absolute Gasteiger partial charge is 0.423 e. The van der Waals surface area contributed by atoms with Gasteiger partial charge in [0.2, 0.25) is 0 Å². The van der Waals surface area contributed by atoms with E-state index in [4.69, 9.17) is 0 Å². The monoisotopic (exact) mass is 251 g/mol. The normalized spacial score (nSPS) is 11.1. The Bertz CT molecular complexity index is 427. The molecule has 0 atom stereocenters. The maximum atomic E-state index is 11.6. The molecule has 1 aromatic rings. The van der Waals surface area contributed by atoms with Crippen LogP contribution in [0.5, 0.6) is 0 Å². The van der Waals surface area contributed by atoms with Crippen LogP contribution < -0.4 is 0 Å². The van der Waals surface area contributed by atoms with Crippen molar-refractivity contribution in [3.05, 3.63) is 5.51 Å². The van der Waals surface area contributed by atoms with E-state index in [9.17, 15) is 13.2 Å². The molecule has 0 aliphatic heterocycles. The van der Waals surface area contributed by atoms with Crippen LogP contribution in [0.1, 0.15) is 6.92 Å². The van der Waals surface area contributed by atoms with Gasteiger partial charge < -0.3 is 4.74 Å². The lowest BCUT2D eigenvalue weighted by Crippen LogP contribution is -2.33. The average molecular weight is 251 g/mol. The topological polar surface area (TPSA) is 89.5 Å². The Kier molecular flexibility index (Phi) is 3.58. The molecule has 15 heavy (non-hydrogen) atoms. The van der Waals surface area contributed by atoms with Gasteiger partial charge in [-0.25, -0.2) is 9.10 Å². The molecule has 1 amide bonds. The summed E-state index contributed by atoms with van der Waals surface area (Å²) >= 11 is 0.834. The zero-order valence-electron chi connectivity index (χ0n) is 8.08. The molecule has 0 aliphatic rings. The summed E-state index contributed by atoms with van der Waals surface area (Å²) in [4.78, 5) is 11.2. The van der Waals surface area contributed by atoms with Gasteiger partial charge in [-0.3, -0.25) is 0 Å². The fraction of sp³-hybridized carbons (Fsp3) is 0.500. The van der Waals surface area contributed by atoms with Crippen molar-refractivity contribution in [2.45, 2.75) is 11.3 Å². The lowest BCUT2D eigenvalue weighted by molar-refractivity contribution is 0.136. The zero-order chi connectivity index (χ0) is 11.5. The SMILES string of the molecule is CCOC(=O)N(C)S(=O)(=O)c1nncs1. The Balaban J connectivity index is 2.93. The van der Waals surface area contributed by atoms with E-state index < -0.39 is 16.1 Å². The third-order valence-corrected chi connectivity index (χ3v) is 4.24. The summed E-state index contributed by atoms with van der Waals surface area (Å²) in [5.41, 5.74) is 1.27. The Hall–Kier alpha value is -1.22. The molecule has 7 nitrogen and oxygen atoms in total. The minimum Gasteiger partial charge on any atom is -0.449 e. The summed E-state index contributed by atoms with van der Waals surface area (Å²) in [6.45, 7) is 1.69.